The lowest BCUT2D eigenvalue weighted by Crippen LogP contribution is -2.19. The standard InChI is InChI=1S/C20H28N4/c1-15-9-7-8-10-17(15)14-21-19-13-20(23-16(2)22-19)24-18-11-5-3-4-6-12-18/h7-10,13,18H,3-6,11-12,14H2,1-2H3,(H2,21,22,23,24). The van der Waals surface area contributed by atoms with Crippen LogP contribution in [-0.2, 0) is 6.54 Å². The minimum absolute atomic E-state index is 0.547. The molecule has 3 rings (SSSR count). The summed E-state index contributed by atoms with van der Waals surface area (Å²) in [5, 5.41) is 7.06. The van der Waals surface area contributed by atoms with Crippen LogP contribution >= 0.6 is 0 Å². The van der Waals surface area contributed by atoms with Gasteiger partial charge in [-0.1, -0.05) is 49.9 Å². The van der Waals surface area contributed by atoms with Gasteiger partial charge in [0.15, 0.2) is 0 Å². The van der Waals surface area contributed by atoms with E-state index in [2.05, 4.69) is 51.8 Å². The smallest absolute Gasteiger partial charge is 0.132 e. The van der Waals surface area contributed by atoms with Crippen molar-refractivity contribution < 1.29 is 0 Å². The van der Waals surface area contributed by atoms with Crippen molar-refractivity contribution in [2.45, 2.75) is 65.0 Å². The summed E-state index contributed by atoms with van der Waals surface area (Å²) in [6.07, 6.45) is 7.86. The molecule has 1 heterocycles. The zero-order valence-electron chi connectivity index (χ0n) is 14.8. The van der Waals surface area contributed by atoms with E-state index in [1.807, 2.05) is 13.0 Å². The van der Waals surface area contributed by atoms with Gasteiger partial charge in [0, 0.05) is 18.7 Å². The minimum Gasteiger partial charge on any atom is -0.367 e. The Morgan fingerprint density at radius 3 is 2.42 bits per heavy atom. The van der Waals surface area contributed by atoms with Gasteiger partial charge < -0.3 is 10.6 Å². The van der Waals surface area contributed by atoms with Crippen molar-refractivity contribution in [2.24, 2.45) is 0 Å². The highest BCUT2D eigenvalue weighted by Gasteiger charge is 2.13. The highest BCUT2D eigenvalue weighted by Crippen LogP contribution is 2.21. The average molecular weight is 324 g/mol. The summed E-state index contributed by atoms with van der Waals surface area (Å²) in [5.74, 6) is 2.64. The van der Waals surface area contributed by atoms with Gasteiger partial charge in [0.05, 0.1) is 0 Å². The highest BCUT2D eigenvalue weighted by atomic mass is 15.1. The second-order valence-corrected chi connectivity index (χ2v) is 6.80. The van der Waals surface area contributed by atoms with Crippen molar-refractivity contribution in [1.29, 1.82) is 0 Å². The van der Waals surface area contributed by atoms with Crippen LogP contribution < -0.4 is 10.6 Å². The lowest BCUT2D eigenvalue weighted by molar-refractivity contribution is 0.617. The molecule has 1 aliphatic rings. The molecule has 0 aliphatic heterocycles. The fourth-order valence-electron chi connectivity index (χ4n) is 3.36. The first-order chi connectivity index (χ1) is 11.7. The van der Waals surface area contributed by atoms with Crippen LogP contribution in [0.4, 0.5) is 11.6 Å². The second kappa shape index (κ2) is 8.13. The van der Waals surface area contributed by atoms with Crippen LogP contribution in [-0.4, -0.2) is 16.0 Å². The number of benzene rings is 1. The van der Waals surface area contributed by atoms with Crippen LogP contribution in [0.2, 0.25) is 0 Å². The van der Waals surface area contributed by atoms with Crippen molar-refractivity contribution in [2.75, 3.05) is 10.6 Å². The Kier molecular flexibility index (Phi) is 5.68. The van der Waals surface area contributed by atoms with Crippen molar-refractivity contribution in [1.82, 2.24) is 9.97 Å². The molecule has 2 aromatic rings. The summed E-state index contributed by atoms with van der Waals surface area (Å²) >= 11 is 0. The summed E-state index contributed by atoms with van der Waals surface area (Å²) in [4.78, 5) is 9.10. The maximum atomic E-state index is 4.57. The van der Waals surface area contributed by atoms with Gasteiger partial charge in [-0.05, 0) is 37.8 Å². The molecule has 0 radical (unpaired) electrons. The van der Waals surface area contributed by atoms with Gasteiger partial charge in [0.2, 0.25) is 0 Å². The molecule has 1 aromatic carbocycles. The van der Waals surface area contributed by atoms with Crippen molar-refractivity contribution in [3.63, 3.8) is 0 Å². The average Bonchev–Trinajstić information content (AvgIpc) is 2.82. The van der Waals surface area contributed by atoms with Crippen LogP contribution in [0.1, 0.15) is 55.5 Å². The summed E-state index contributed by atoms with van der Waals surface area (Å²) in [5.41, 5.74) is 2.60. The summed E-state index contributed by atoms with van der Waals surface area (Å²) in [6, 6.07) is 11.0. The number of aryl methyl sites for hydroxylation is 2. The molecule has 0 atom stereocenters. The Balaban J connectivity index is 1.66. The fraction of sp³-hybridized carbons (Fsp3) is 0.500. The lowest BCUT2D eigenvalue weighted by atomic mass is 10.1. The molecular formula is C20H28N4. The molecule has 24 heavy (non-hydrogen) atoms. The zero-order valence-corrected chi connectivity index (χ0v) is 14.8. The van der Waals surface area contributed by atoms with Crippen LogP contribution in [0.25, 0.3) is 0 Å². The third-order valence-electron chi connectivity index (χ3n) is 4.77. The van der Waals surface area contributed by atoms with Gasteiger partial charge in [-0.3, -0.25) is 0 Å². The van der Waals surface area contributed by atoms with Crippen LogP contribution in [0.3, 0.4) is 0 Å². The van der Waals surface area contributed by atoms with Gasteiger partial charge in [0.25, 0.3) is 0 Å². The SMILES string of the molecule is Cc1nc(NCc2ccccc2C)cc(NC2CCCCCC2)n1. The molecule has 4 nitrogen and oxygen atoms in total. The molecule has 128 valence electrons. The Morgan fingerprint density at radius 1 is 0.958 bits per heavy atom. The quantitative estimate of drug-likeness (QED) is 0.773. The van der Waals surface area contributed by atoms with E-state index in [1.54, 1.807) is 0 Å². The molecule has 1 aliphatic carbocycles. The summed E-state index contributed by atoms with van der Waals surface area (Å²) < 4.78 is 0. The van der Waals surface area contributed by atoms with E-state index in [9.17, 15) is 0 Å². The Morgan fingerprint density at radius 2 is 1.67 bits per heavy atom. The fourth-order valence-corrected chi connectivity index (χ4v) is 3.36. The van der Waals surface area contributed by atoms with Gasteiger partial charge in [-0.15, -0.1) is 0 Å². The van der Waals surface area contributed by atoms with Crippen LogP contribution in [0.15, 0.2) is 30.3 Å². The van der Waals surface area contributed by atoms with Gasteiger partial charge in [0.1, 0.15) is 17.5 Å². The minimum atomic E-state index is 0.547. The predicted octanol–water partition coefficient (Wildman–Crippen LogP) is 4.84. The number of aromatic nitrogens is 2. The normalized spacial score (nSPS) is 15.8. The number of hydrogen-bond acceptors (Lipinski definition) is 4. The van der Waals surface area contributed by atoms with Crippen molar-refractivity contribution in [3.8, 4) is 0 Å². The molecule has 0 amide bonds. The lowest BCUT2D eigenvalue weighted by Gasteiger charge is -2.18. The molecule has 0 bridgehead atoms. The Hall–Kier alpha value is -2.10. The third-order valence-corrected chi connectivity index (χ3v) is 4.77. The monoisotopic (exact) mass is 324 g/mol. The van der Waals surface area contributed by atoms with Crippen molar-refractivity contribution >= 4 is 11.6 Å². The number of rotatable bonds is 5. The summed E-state index contributed by atoms with van der Waals surface area (Å²) in [7, 11) is 0. The topological polar surface area (TPSA) is 49.8 Å². The Bertz CT molecular complexity index is 660. The molecule has 0 unspecified atom stereocenters. The molecule has 1 fully saturated rings. The first kappa shape index (κ1) is 16.7. The second-order valence-electron chi connectivity index (χ2n) is 6.80. The number of nitrogens with zero attached hydrogens (tertiary/aromatic N) is 2. The Labute approximate surface area is 145 Å². The van der Waals surface area contributed by atoms with Crippen LogP contribution in [0.5, 0.6) is 0 Å². The van der Waals surface area contributed by atoms with E-state index in [0.29, 0.717) is 6.04 Å². The largest absolute Gasteiger partial charge is 0.367 e. The molecular weight excluding hydrogens is 296 g/mol. The first-order valence-electron chi connectivity index (χ1n) is 9.11. The van der Waals surface area contributed by atoms with E-state index in [4.69, 9.17) is 0 Å². The van der Waals surface area contributed by atoms with E-state index < -0.39 is 0 Å². The van der Waals surface area contributed by atoms with E-state index in [0.717, 1.165) is 24.0 Å². The van der Waals surface area contributed by atoms with Crippen LogP contribution in [0, 0.1) is 13.8 Å². The molecule has 0 spiro atoms. The zero-order chi connectivity index (χ0) is 16.8. The van der Waals surface area contributed by atoms with Crippen molar-refractivity contribution in [3.05, 3.63) is 47.3 Å². The molecule has 4 heteroatoms. The third kappa shape index (κ3) is 4.70. The number of anilines is 2. The first-order valence-corrected chi connectivity index (χ1v) is 9.11. The molecule has 0 saturated heterocycles. The van der Waals surface area contributed by atoms with E-state index >= 15 is 0 Å². The summed E-state index contributed by atoms with van der Waals surface area (Å²) in [6.45, 7) is 4.88. The molecule has 2 N–H and O–H groups in total. The maximum Gasteiger partial charge on any atom is 0.132 e. The van der Waals surface area contributed by atoms with E-state index in [-0.39, 0.29) is 0 Å². The van der Waals surface area contributed by atoms with Gasteiger partial charge in [-0.25, -0.2) is 9.97 Å². The highest BCUT2D eigenvalue weighted by molar-refractivity contribution is 5.48. The molecule has 1 aromatic heterocycles. The maximum absolute atomic E-state index is 4.57. The van der Waals surface area contributed by atoms with Gasteiger partial charge >= 0.3 is 0 Å². The molecule has 1 saturated carbocycles. The number of nitrogens with one attached hydrogen (secondary N) is 2. The predicted molar refractivity (Wildman–Crippen MR) is 100 cm³/mol. The van der Waals surface area contributed by atoms with Gasteiger partial charge in [-0.2, -0.15) is 0 Å². The van der Waals surface area contributed by atoms with E-state index in [1.165, 1.54) is 49.7 Å². The number of hydrogen-bond donors (Lipinski definition) is 2.